The molecular formula is C23H29N3O3. The van der Waals surface area contributed by atoms with E-state index in [1.54, 1.807) is 6.07 Å². The fourth-order valence-corrected chi connectivity index (χ4v) is 2.90. The number of anilines is 1. The molecule has 0 aliphatic rings. The van der Waals surface area contributed by atoms with Gasteiger partial charge in [-0.15, -0.1) is 0 Å². The van der Waals surface area contributed by atoms with E-state index in [2.05, 4.69) is 15.6 Å². The van der Waals surface area contributed by atoms with Crippen molar-refractivity contribution in [3.8, 4) is 0 Å². The zero-order chi connectivity index (χ0) is 21.6. The van der Waals surface area contributed by atoms with Crippen LogP contribution in [-0.4, -0.2) is 40.3 Å². The Hall–Kier alpha value is -2.99. The van der Waals surface area contributed by atoms with Crippen LogP contribution in [0, 0.1) is 0 Å². The fraction of sp³-hybridized carbons (Fsp3) is 0.348. The van der Waals surface area contributed by atoms with Gasteiger partial charge in [-0.3, -0.25) is 9.79 Å². The number of nitrogens with one attached hydrogen (secondary N) is 2. The SMILES string of the molecule is C[C@H](N=C(c1ccccc1)c1ccccc1NC(=O)[C@H](C)NC(C)(C)C)C(=O)O. The molecule has 2 aromatic carbocycles. The zero-order valence-electron chi connectivity index (χ0n) is 17.6. The molecule has 2 aromatic rings. The van der Waals surface area contributed by atoms with Crippen LogP contribution in [0.15, 0.2) is 59.6 Å². The second-order valence-electron chi connectivity index (χ2n) is 8.01. The van der Waals surface area contributed by atoms with Gasteiger partial charge in [-0.2, -0.15) is 0 Å². The van der Waals surface area contributed by atoms with Gasteiger partial charge in [0.05, 0.1) is 17.4 Å². The molecule has 6 nitrogen and oxygen atoms in total. The molecule has 154 valence electrons. The Bertz CT molecular complexity index is 886. The first kappa shape index (κ1) is 22.3. The van der Waals surface area contributed by atoms with Crippen LogP contribution >= 0.6 is 0 Å². The summed E-state index contributed by atoms with van der Waals surface area (Å²) in [5.74, 6) is -1.19. The highest BCUT2D eigenvalue weighted by Crippen LogP contribution is 2.21. The van der Waals surface area contributed by atoms with E-state index >= 15 is 0 Å². The molecule has 0 aliphatic heterocycles. The number of para-hydroxylation sites is 1. The van der Waals surface area contributed by atoms with Crippen LogP contribution in [0.25, 0.3) is 0 Å². The summed E-state index contributed by atoms with van der Waals surface area (Å²) < 4.78 is 0. The number of amides is 1. The molecule has 0 aromatic heterocycles. The van der Waals surface area contributed by atoms with Gasteiger partial charge in [0.15, 0.2) is 0 Å². The predicted octanol–water partition coefficient (Wildman–Crippen LogP) is 3.71. The van der Waals surface area contributed by atoms with Crippen LogP contribution in [-0.2, 0) is 9.59 Å². The third kappa shape index (κ3) is 6.54. The van der Waals surface area contributed by atoms with E-state index in [-0.39, 0.29) is 11.4 Å². The summed E-state index contributed by atoms with van der Waals surface area (Å²) in [6.07, 6.45) is 0. The average Bonchev–Trinajstić information content (AvgIpc) is 2.65. The Morgan fingerprint density at radius 2 is 1.55 bits per heavy atom. The number of carbonyl (C=O) groups excluding carboxylic acids is 1. The highest BCUT2D eigenvalue weighted by molar-refractivity contribution is 6.17. The quantitative estimate of drug-likeness (QED) is 0.623. The lowest BCUT2D eigenvalue weighted by molar-refractivity contribution is -0.138. The van der Waals surface area contributed by atoms with E-state index in [4.69, 9.17) is 0 Å². The van der Waals surface area contributed by atoms with Crippen LogP contribution in [0.3, 0.4) is 0 Å². The second kappa shape index (κ2) is 9.47. The second-order valence-corrected chi connectivity index (χ2v) is 8.01. The van der Waals surface area contributed by atoms with Crippen molar-refractivity contribution in [3.63, 3.8) is 0 Å². The number of rotatable bonds is 7. The average molecular weight is 396 g/mol. The number of benzene rings is 2. The highest BCUT2D eigenvalue weighted by atomic mass is 16.4. The van der Waals surface area contributed by atoms with Crippen LogP contribution in [0.1, 0.15) is 45.7 Å². The maximum absolute atomic E-state index is 12.7. The van der Waals surface area contributed by atoms with Crippen molar-refractivity contribution in [3.05, 3.63) is 65.7 Å². The van der Waals surface area contributed by atoms with Gasteiger partial charge in [0.1, 0.15) is 6.04 Å². The Balaban J connectivity index is 2.44. The van der Waals surface area contributed by atoms with Crippen molar-refractivity contribution < 1.29 is 14.7 Å². The van der Waals surface area contributed by atoms with E-state index in [1.807, 2.05) is 76.2 Å². The minimum atomic E-state index is -1.01. The molecule has 0 fully saturated rings. The molecule has 0 spiro atoms. The molecule has 0 heterocycles. The molecular weight excluding hydrogens is 366 g/mol. The molecule has 1 amide bonds. The van der Waals surface area contributed by atoms with Crippen molar-refractivity contribution in [2.75, 3.05) is 5.32 Å². The smallest absolute Gasteiger partial charge is 0.328 e. The maximum Gasteiger partial charge on any atom is 0.328 e. The number of aliphatic imine (C=N–C) groups is 1. The number of carbonyl (C=O) groups is 2. The monoisotopic (exact) mass is 395 g/mol. The predicted molar refractivity (Wildman–Crippen MR) is 117 cm³/mol. The Morgan fingerprint density at radius 1 is 0.966 bits per heavy atom. The minimum Gasteiger partial charge on any atom is -0.480 e. The van der Waals surface area contributed by atoms with E-state index in [0.717, 1.165) is 5.56 Å². The van der Waals surface area contributed by atoms with Crippen LogP contribution < -0.4 is 10.6 Å². The number of nitrogens with zero attached hydrogens (tertiary/aromatic N) is 1. The minimum absolute atomic E-state index is 0.175. The summed E-state index contributed by atoms with van der Waals surface area (Å²) in [5, 5.41) is 15.5. The number of carboxylic acids is 1. The normalized spacial score (nSPS) is 14.2. The van der Waals surface area contributed by atoms with Crippen molar-refractivity contribution in [2.45, 2.75) is 52.2 Å². The molecule has 2 atom stereocenters. The van der Waals surface area contributed by atoms with Gasteiger partial charge >= 0.3 is 5.97 Å². The summed E-state index contributed by atoms with van der Waals surface area (Å²) in [7, 11) is 0. The summed E-state index contributed by atoms with van der Waals surface area (Å²) in [4.78, 5) is 28.6. The van der Waals surface area contributed by atoms with Gasteiger partial charge in [-0.25, -0.2) is 4.79 Å². The third-order valence-electron chi connectivity index (χ3n) is 4.21. The number of hydrogen-bond acceptors (Lipinski definition) is 4. The van der Waals surface area contributed by atoms with E-state index in [1.165, 1.54) is 6.92 Å². The maximum atomic E-state index is 12.7. The summed E-state index contributed by atoms with van der Waals surface area (Å²) in [6.45, 7) is 9.33. The molecule has 29 heavy (non-hydrogen) atoms. The van der Waals surface area contributed by atoms with Gasteiger partial charge in [0, 0.05) is 16.7 Å². The topological polar surface area (TPSA) is 90.8 Å². The molecule has 6 heteroatoms. The largest absolute Gasteiger partial charge is 0.480 e. The lowest BCUT2D eigenvalue weighted by Gasteiger charge is -2.25. The van der Waals surface area contributed by atoms with Crippen LogP contribution in [0.2, 0.25) is 0 Å². The molecule has 0 aliphatic carbocycles. The Morgan fingerprint density at radius 3 is 2.14 bits per heavy atom. The van der Waals surface area contributed by atoms with Gasteiger partial charge in [0.2, 0.25) is 5.91 Å². The molecule has 3 N–H and O–H groups in total. The molecule has 0 unspecified atom stereocenters. The first-order valence-electron chi connectivity index (χ1n) is 9.62. The standard InChI is InChI=1S/C23H29N3O3/c1-15(26-23(3,4)5)21(27)25-19-14-10-9-13-18(19)20(24-16(2)22(28)29)17-11-7-6-8-12-17/h6-16,26H,1-5H3,(H,25,27)(H,28,29)/t15-,16-/m0/s1. The van der Waals surface area contributed by atoms with E-state index < -0.39 is 18.1 Å². The van der Waals surface area contributed by atoms with Gasteiger partial charge in [-0.05, 0) is 40.7 Å². The molecule has 2 rings (SSSR count). The first-order chi connectivity index (χ1) is 13.6. The van der Waals surface area contributed by atoms with Gasteiger partial charge in [0.25, 0.3) is 0 Å². The molecule has 0 bridgehead atoms. The molecule has 0 saturated carbocycles. The van der Waals surface area contributed by atoms with Gasteiger partial charge < -0.3 is 15.7 Å². The van der Waals surface area contributed by atoms with Crippen molar-refractivity contribution in [1.82, 2.24) is 5.32 Å². The van der Waals surface area contributed by atoms with Crippen molar-refractivity contribution in [1.29, 1.82) is 0 Å². The molecule has 0 radical (unpaired) electrons. The lowest BCUT2D eigenvalue weighted by atomic mass is 9.99. The number of hydrogen-bond donors (Lipinski definition) is 3. The number of carboxylic acid groups (broad SMARTS) is 1. The lowest BCUT2D eigenvalue weighted by Crippen LogP contribution is -2.48. The van der Waals surface area contributed by atoms with Crippen molar-refractivity contribution in [2.24, 2.45) is 4.99 Å². The number of aliphatic carboxylic acids is 1. The van der Waals surface area contributed by atoms with Crippen LogP contribution in [0.4, 0.5) is 5.69 Å². The zero-order valence-corrected chi connectivity index (χ0v) is 17.6. The fourth-order valence-electron chi connectivity index (χ4n) is 2.90. The Labute approximate surface area is 172 Å². The summed E-state index contributed by atoms with van der Waals surface area (Å²) >= 11 is 0. The van der Waals surface area contributed by atoms with E-state index in [9.17, 15) is 14.7 Å². The van der Waals surface area contributed by atoms with Crippen LogP contribution in [0.5, 0.6) is 0 Å². The Kier molecular flexibility index (Phi) is 7.29. The summed E-state index contributed by atoms with van der Waals surface area (Å²) in [5.41, 5.74) is 2.35. The summed E-state index contributed by atoms with van der Waals surface area (Å²) in [6, 6.07) is 15.3. The third-order valence-corrected chi connectivity index (χ3v) is 4.21. The van der Waals surface area contributed by atoms with E-state index in [0.29, 0.717) is 17.0 Å². The first-order valence-corrected chi connectivity index (χ1v) is 9.62. The molecule has 0 saturated heterocycles. The van der Waals surface area contributed by atoms with Crippen molar-refractivity contribution >= 4 is 23.3 Å². The highest BCUT2D eigenvalue weighted by Gasteiger charge is 2.22. The van der Waals surface area contributed by atoms with Gasteiger partial charge in [-0.1, -0.05) is 48.5 Å².